The first-order valence-electron chi connectivity index (χ1n) is 16.3. The number of anilines is 3. The summed E-state index contributed by atoms with van der Waals surface area (Å²) in [5.74, 6) is 0. The summed E-state index contributed by atoms with van der Waals surface area (Å²) >= 11 is 1.86. The van der Waals surface area contributed by atoms with Gasteiger partial charge in [-0.3, -0.25) is 0 Å². The Labute approximate surface area is 284 Å². The number of hydrogen-bond donors (Lipinski definition) is 0. The predicted molar refractivity (Wildman–Crippen MR) is 208 cm³/mol. The summed E-state index contributed by atoms with van der Waals surface area (Å²) in [6, 6.07) is 68.2. The van der Waals surface area contributed by atoms with Gasteiger partial charge in [-0.25, -0.2) is 0 Å². The normalized spacial score (nSPS) is 11.3. The third-order valence-electron chi connectivity index (χ3n) is 9.28. The molecule has 0 fully saturated rings. The first-order chi connectivity index (χ1) is 23.8. The zero-order valence-corrected chi connectivity index (χ0v) is 27.1. The number of nitrogens with zero attached hydrogens (tertiary/aromatic N) is 1. The standard InChI is InChI=1S/C46H31NS/c1-3-12-32(13-4-1)34-22-26-37(27-23-34)47(38-28-24-35(25-29-38)33-14-5-2-6-15-33)44-31-46-43(41-19-9-10-21-45(41)48-46)30-42(44)40-20-11-17-36-16-7-8-18-39(36)40/h1-31H. The molecule has 226 valence electrons. The van der Waals surface area contributed by atoms with Crippen molar-refractivity contribution in [2.45, 2.75) is 0 Å². The highest BCUT2D eigenvalue weighted by molar-refractivity contribution is 7.25. The lowest BCUT2D eigenvalue weighted by atomic mass is 9.94. The number of hydrogen-bond acceptors (Lipinski definition) is 2. The number of fused-ring (bicyclic) bond motifs is 4. The number of rotatable bonds is 6. The van der Waals surface area contributed by atoms with E-state index in [2.05, 4.69) is 193 Å². The van der Waals surface area contributed by atoms with Crippen molar-refractivity contribution in [2.75, 3.05) is 4.90 Å². The van der Waals surface area contributed by atoms with Crippen molar-refractivity contribution in [1.82, 2.24) is 0 Å². The molecule has 0 aliphatic heterocycles. The molecule has 48 heavy (non-hydrogen) atoms. The van der Waals surface area contributed by atoms with Crippen LogP contribution in [0, 0.1) is 0 Å². The Morgan fingerprint density at radius 3 is 1.50 bits per heavy atom. The van der Waals surface area contributed by atoms with E-state index in [4.69, 9.17) is 0 Å². The van der Waals surface area contributed by atoms with Crippen LogP contribution in [0.5, 0.6) is 0 Å². The van der Waals surface area contributed by atoms with Gasteiger partial charge in [-0.05, 0) is 81.1 Å². The van der Waals surface area contributed by atoms with Crippen molar-refractivity contribution in [2.24, 2.45) is 0 Å². The second-order valence-electron chi connectivity index (χ2n) is 12.2. The summed E-state index contributed by atoms with van der Waals surface area (Å²) in [5.41, 5.74) is 10.7. The van der Waals surface area contributed by atoms with Crippen LogP contribution < -0.4 is 4.90 Å². The molecule has 0 unspecified atom stereocenters. The summed E-state index contributed by atoms with van der Waals surface area (Å²) in [6.07, 6.45) is 0. The minimum atomic E-state index is 1.11. The Bertz CT molecular complexity index is 2440. The van der Waals surface area contributed by atoms with Gasteiger partial charge < -0.3 is 4.90 Å². The van der Waals surface area contributed by atoms with E-state index in [1.807, 2.05) is 11.3 Å². The van der Waals surface area contributed by atoms with Gasteiger partial charge in [-0.1, -0.05) is 146 Å². The van der Waals surface area contributed by atoms with E-state index in [1.165, 1.54) is 64.3 Å². The molecule has 9 aromatic rings. The lowest BCUT2D eigenvalue weighted by Crippen LogP contribution is -2.11. The molecule has 0 bridgehead atoms. The van der Waals surface area contributed by atoms with E-state index in [-0.39, 0.29) is 0 Å². The quantitative estimate of drug-likeness (QED) is 0.177. The van der Waals surface area contributed by atoms with Crippen molar-refractivity contribution >= 4 is 59.3 Å². The molecule has 0 saturated heterocycles. The second kappa shape index (κ2) is 12.0. The van der Waals surface area contributed by atoms with E-state index in [0.29, 0.717) is 0 Å². The van der Waals surface area contributed by atoms with Gasteiger partial charge in [0.1, 0.15) is 0 Å². The molecular formula is C46H31NS. The molecule has 1 nitrogen and oxygen atoms in total. The third kappa shape index (κ3) is 5.04. The molecule has 0 amide bonds. The number of benzene rings is 8. The van der Waals surface area contributed by atoms with Crippen molar-refractivity contribution in [3.8, 4) is 33.4 Å². The van der Waals surface area contributed by atoms with Crippen molar-refractivity contribution < 1.29 is 0 Å². The van der Waals surface area contributed by atoms with Gasteiger partial charge in [-0.2, -0.15) is 0 Å². The Morgan fingerprint density at radius 2 is 0.854 bits per heavy atom. The van der Waals surface area contributed by atoms with Crippen LogP contribution in [0.25, 0.3) is 64.3 Å². The van der Waals surface area contributed by atoms with E-state index in [1.54, 1.807) is 0 Å². The Kier molecular flexibility index (Phi) is 7.07. The van der Waals surface area contributed by atoms with Gasteiger partial charge in [0, 0.05) is 37.1 Å². The Morgan fingerprint density at radius 1 is 0.333 bits per heavy atom. The maximum Gasteiger partial charge on any atom is 0.0554 e. The van der Waals surface area contributed by atoms with Gasteiger partial charge >= 0.3 is 0 Å². The van der Waals surface area contributed by atoms with Crippen LogP contribution >= 0.6 is 11.3 Å². The Hall–Kier alpha value is -5.96. The highest BCUT2D eigenvalue weighted by Gasteiger charge is 2.21. The molecule has 0 radical (unpaired) electrons. The first kappa shape index (κ1) is 28.3. The molecule has 2 heteroatoms. The summed E-state index contributed by atoms with van der Waals surface area (Å²) in [7, 11) is 0. The Balaban J connectivity index is 1.30. The molecule has 0 saturated carbocycles. The van der Waals surface area contributed by atoms with Crippen LogP contribution in [0.2, 0.25) is 0 Å². The van der Waals surface area contributed by atoms with Gasteiger partial charge in [0.2, 0.25) is 0 Å². The summed E-state index contributed by atoms with van der Waals surface area (Å²) in [4.78, 5) is 2.43. The summed E-state index contributed by atoms with van der Waals surface area (Å²) in [6.45, 7) is 0. The zero-order valence-electron chi connectivity index (χ0n) is 26.3. The molecule has 0 aliphatic carbocycles. The van der Waals surface area contributed by atoms with Gasteiger partial charge in [0.05, 0.1) is 5.69 Å². The average Bonchev–Trinajstić information content (AvgIpc) is 3.53. The average molecular weight is 630 g/mol. The lowest BCUT2D eigenvalue weighted by Gasteiger charge is -2.29. The zero-order chi connectivity index (χ0) is 31.9. The molecule has 1 heterocycles. The van der Waals surface area contributed by atoms with Crippen LogP contribution in [-0.4, -0.2) is 0 Å². The van der Waals surface area contributed by atoms with E-state index < -0.39 is 0 Å². The van der Waals surface area contributed by atoms with Crippen LogP contribution in [0.4, 0.5) is 17.1 Å². The third-order valence-corrected chi connectivity index (χ3v) is 10.4. The van der Waals surface area contributed by atoms with Gasteiger partial charge in [0.15, 0.2) is 0 Å². The van der Waals surface area contributed by atoms with Crippen molar-refractivity contribution in [1.29, 1.82) is 0 Å². The smallest absolute Gasteiger partial charge is 0.0554 e. The van der Waals surface area contributed by atoms with Crippen LogP contribution in [0.1, 0.15) is 0 Å². The monoisotopic (exact) mass is 629 g/mol. The highest BCUT2D eigenvalue weighted by Crippen LogP contribution is 2.47. The van der Waals surface area contributed by atoms with Crippen molar-refractivity contribution in [3.05, 3.63) is 188 Å². The predicted octanol–water partition coefficient (Wildman–Crippen LogP) is 13.7. The first-order valence-corrected chi connectivity index (χ1v) is 17.2. The fourth-order valence-corrected chi connectivity index (χ4v) is 8.04. The molecule has 9 rings (SSSR count). The fourth-order valence-electron chi connectivity index (χ4n) is 6.92. The van der Waals surface area contributed by atoms with Crippen LogP contribution in [0.15, 0.2) is 188 Å². The fraction of sp³-hybridized carbons (Fsp3) is 0. The summed E-state index contributed by atoms with van der Waals surface area (Å²) in [5, 5.41) is 5.08. The van der Waals surface area contributed by atoms with Crippen molar-refractivity contribution in [3.63, 3.8) is 0 Å². The molecule has 1 aromatic heterocycles. The molecule has 8 aromatic carbocycles. The topological polar surface area (TPSA) is 3.24 Å². The van der Waals surface area contributed by atoms with E-state index >= 15 is 0 Å². The largest absolute Gasteiger partial charge is 0.310 e. The molecule has 0 spiro atoms. The van der Waals surface area contributed by atoms with Crippen LogP contribution in [0.3, 0.4) is 0 Å². The molecular weight excluding hydrogens is 599 g/mol. The molecule has 0 atom stereocenters. The van der Waals surface area contributed by atoms with Gasteiger partial charge in [-0.15, -0.1) is 11.3 Å². The lowest BCUT2D eigenvalue weighted by molar-refractivity contribution is 1.29. The van der Waals surface area contributed by atoms with Gasteiger partial charge in [0.25, 0.3) is 0 Å². The second-order valence-corrected chi connectivity index (χ2v) is 13.2. The van der Waals surface area contributed by atoms with E-state index in [0.717, 1.165) is 17.1 Å². The maximum atomic E-state index is 2.43. The van der Waals surface area contributed by atoms with E-state index in [9.17, 15) is 0 Å². The SMILES string of the molecule is c1ccc(-c2ccc(N(c3ccc(-c4ccccc4)cc3)c3cc4sc5ccccc5c4cc3-c3cccc4ccccc34)cc2)cc1. The maximum absolute atomic E-state index is 2.43. The highest BCUT2D eigenvalue weighted by atomic mass is 32.1. The minimum absolute atomic E-state index is 1.11. The molecule has 0 aliphatic rings. The minimum Gasteiger partial charge on any atom is -0.310 e. The van der Waals surface area contributed by atoms with Crippen LogP contribution in [-0.2, 0) is 0 Å². The number of thiophene rings is 1. The molecule has 0 N–H and O–H groups in total. The summed E-state index contributed by atoms with van der Waals surface area (Å²) < 4.78 is 2.58.